The van der Waals surface area contributed by atoms with Gasteiger partial charge in [0.2, 0.25) is 0 Å². The van der Waals surface area contributed by atoms with Crippen molar-refractivity contribution in [1.82, 2.24) is 19.5 Å². The number of benzene rings is 1. The molecule has 34 heavy (non-hydrogen) atoms. The van der Waals surface area contributed by atoms with E-state index in [1.54, 1.807) is 19.3 Å². The van der Waals surface area contributed by atoms with Crippen molar-refractivity contribution in [2.24, 2.45) is 5.73 Å². The molecule has 0 atom stereocenters. The zero-order valence-corrected chi connectivity index (χ0v) is 18.8. The molecule has 8 nitrogen and oxygen atoms in total. The number of nitrogens with one attached hydrogen (secondary N) is 1. The van der Waals surface area contributed by atoms with E-state index in [0.717, 1.165) is 44.9 Å². The molecular formula is C25H24FN7O. The first-order valence-corrected chi connectivity index (χ1v) is 11.6. The van der Waals surface area contributed by atoms with Gasteiger partial charge in [-0.05, 0) is 48.2 Å². The second kappa shape index (κ2) is 7.14. The first kappa shape index (κ1) is 19.7. The van der Waals surface area contributed by atoms with E-state index in [4.69, 9.17) is 20.4 Å². The SMILES string of the molecule is CNc1cc(F)cc2c1Cc1nc(Oc3cnc4c(ccn4C4CC4)c3)nc(N3CC(N)C3)c1-2. The van der Waals surface area contributed by atoms with Gasteiger partial charge >= 0.3 is 6.01 Å². The molecule has 3 N–H and O–H groups in total. The summed E-state index contributed by atoms with van der Waals surface area (Å²) in [6, 6.07) is 8.04. The molecule has 7 rings (SSSR count). The van der Waals surface area contributed by atoms with Gasteiger partial charge in [-0.2, -0.15) is 9.97 Å². The standard InChI is InChI=1S/C25H24FN7O/c1-28-20-8-14(26)7-19-18(20)9-21-22(19)24(32-11-15(27)12-32)31-25(30-21)34-17-6-13-4-5-33(16-2-3-16)23(13)29-10-17/h4-8,10,15-16,28H,2-3,9,11-12,27H2,1H3. The number of nitrogens with two attached hydrogens (primary N) is 1. The third-order valence-corrected chi connectivity index (χ3v) is 6.93. The van der Waals surface area contributed by atoms with Crippen LogP contribution in [-0.4, -0.2) is 45.7 Å². The van der Waals surface area contributed by atoms with Crippen molar-refractivity contribution in [2.45, 2.75) is 31.3 Å². The van der Waals surface area contributed by atoms with Crippen LogP contribution >= 0.6 is 0 Å². The second-order valence-electron chi connectivity index (χ2n) is 9.36. The van der Waals surface area contributed by atoms with Crippen LogP contribution in [0.15, 0.2) is 36.7 Å². The van der Waals surface area contributed by atoms with Crippen LogP contribution in [-0.2, 0) is 6.42 Å². The predicted octanol–water partition coefficient (Wildman–Crippen LogP) is 3.85. The molecule has 1 saturated carbocycles. The molecule has 0 spiro atoms. The predicted molar refractivity (Wildman–Crippen MR) is 128 cm³/mol. The van der Waals surface area contributed by atoms with Crippen LogP contribution in [0, 0.1) is 5.82 Å². The van der Waals surface area contributed by atoms with Crippen molar-refractivity contribution in [3.63, 3.8) is 0 Å². The first-order chi connectivity index (χ1) is 16.6. The van der Waals surface area contributed by atoms with Crippen molar-refractivity contribution in [3.05, 3.63) is 53.7 Å². The minimum Gasteiger partial charge on any atom is -0.423 e. The molecule has 4 aromatic rings. The van der Waals surface area contributed by atoms with Gasteiger partial charge in [-0.25, -0.2) is 9.37 Å². The Morgan fingerprint density at radius 2 is 2.03 bits per heavy atom. The zero-order chi connectivity index (χ0) is 23.0. The molecule has 3 aliphatic rings. The fraction of sp³-hybridized carbons (Fsp3) is 0.320. The maximum atomic E-state index is 14.4. The summed E-state index contributed by atoms with van der Waals surface area (Å²) >= 11 is 0. The largest absolute Gasteiger partial charge is 0.423 e. The summed E-state index contributed by atoms with van der Waals surface area (Å²) in [6.45, 7) is 1.38. The first-order valence-electron chi connectivity index (χ1n) is 11.6. The smallest absolute Gasteiger partial charge is 0.324 e. The van der Waals surface area contributed by atoms with E-state index >= 15 is 0 Å². The highest BCUT2D eigenvalue weighted by Gasteiger charge is 2.34. The maximum Gasteiger partial charge on any atom is 0.324 e. The van der Waals surface area contributed by atoms with Gasteiger partial charge in [0.25, 0.3) is 0 Å². The van der Waals surface area contributed by atoms with E-state index in [-0.39, 0.29) is 17.9 Å². The summed E-state index contributed by atoms with van der Waals surface area (Å²) in [5, 5.41) is 4.14. The lowest BCUT2D eigenvalue weighted by Gasteiger charge is -2.38. The molecule has 3 aromatic heterocycles. The number of halogens is 1. The van der Waals surface area contributed by atoms with Gasteiger partial charge in [0.05, 0.1) is 11.9 Å². The van der Waals surface area contributed by atoms with E-state index in [9.17, 15) is 4.39 Å². The Morgan fingerprint density at radius 3 is 2.79 bits per heavy atom. The third kappa shape index (κ3) is 3.03. The molecule has 2 fully saturated rings. The maximum absolute atomic E-state index is 14.4. The van der Waals surface area contributed by atoms with Crippen LogP contribution in [0.1, 0.15) is 30.1 Å². The van der Waals surface area contributed by atoms with Crippen molar-refractivity contribution < 1.29 is 9.13 Å². The van der Waals surface area contributed by atoms with Gasteiger partial charge in [0, 0.05) is 61.5 Å². The summed E-state index contributed by atoms with van der Waals surface area (Å²) in [6.07, 6.45) is 6.80. The minimum atomic E-state index is -0.292. The Kier molecular flexibility index (Phi) is 4.14. The quantitative estimate of drug-likeness (QED) is 0.414. The lowest BCUT2D eigenvalue weighted by molar-refractivity contribution is 0.435. The molecule has 2 aliphatic carbocycles. The fourth-order valence-electron chi connectivity index (χ4n) is 5.11. The molecule has 9 heteroatoms. The van der Waals surface area contributed by atoms with E-state index in [2.05, 4.69) is 32.0 Å². The van der Waals surface area contributed by atoms with Crippen molar-refractivity contribution in [1.29, 1.82) is 0 Å². The van der Waals surface area contributed by atoms with Crippen LogP contribution < -0.4 is 20.7 Å². The van der Waals surface area contributed by atoms with Crippen LogP contribution in [0.2, 0.25) is 0 Å². The van der Waals surface area contributed by atoms with E-state index in [1.807, 2.05) is 6.07 Å². The molecule has 1 aromatic carbocycles. The lowest BCUT2D eigenvalue weighted by atomic mass is 10.0. The number of hydrogen-bond acceptors (Lipinski definition) is 7. The summed E-state index contributed by atoms with van der Waals surface area (Å²) in [5.74, 6) is 1.03. The summed E-state index contributed by atoms with van der Waals surface area (Å²) in [4.78, 5) is 16.2. The Balaban J connectivity index is 1.29. The van der Waals surface area contributed by atoms with Crippen LogP contribution in [0.25, 0.3) is 22.2 Å². The van der Waals surface area contributed by atoms with Crippen LogP contribution in [0.3, 0.4) is 0 Å². The molecule has 0 radical (unpaired) electrons. The molecule has 0 unspecified atom stereocenters. The Labute approximate surface area is 195 Å². The van der Waals surface area contributed by atoms with Crippen molar-refractivity contribution in [2.75, 3.05) is 30.4 Å². The fourth-order valence-corrected chi connectivity index (χ4v) is 5.11. The summed E-state index contributed by atoms with van der Waals surface area (Å²) in [5.41, 5.74) is 11.3. The van der Waals surface area contributed by atoms with E-state index < -0.39 is 0 Å². The number of fused-ring (bicyclic) bond motifs is 4. The number of aromatic nitrogens is 4. The van der Waals surface area contributed by atoms with Crippen molar-refractivity contribution in [3.8, 4) is 22.9 Å². The zero-order valence-electron chi connectivity index (χ0n) is 18.8. The molecule has 4 heterocycles. The highest BCUT2D eigenvalue weighted by Crippen LogP contribution is 2.46. The number of rotatable bonds is 5. The average Bonchev–Trinajstić information content (AvgIpc) is 3.46. The summed E-state index contributed by atoms with van der Waals surface area (Å²) in [7, 11) is 1.80. The Bertz CT molecular complexity index is 1460. The van der Waals surface area contributed by atoms with Crippen LogP contribution in [0.5, 0.6) is 11.8 Å². The van der Waals surface area contributed by atoms with Gasteiger partial charge in [0.15, 0.2) is 0 Å². The third-order valence-electron chi connectivity index (χ3n) is 6.93. The molecule has 0 amide bonds. The second-order valence-corrected chi connectivity index (χ2v) is 9.36. The number of anilines is 2. The topological polar surface area (TPSA) is 94.1 Å². The molecule has 0 bridgehead atoms. The normalized spacial score (nSPS) is 17.0. The monoisotopic (exact) mass is 457 g/mol. The Morgan fingerprint density at radius 1 is 1.18 bits per heavy atom. The number of pyridine rings is 1. The van der Waals surface area contributed by atoms with E-state index in [1.165, 1.54) is 18.9 Å². The molecule has 172 valence electrons. The van der Waals surface area contributed by atoms with Gasteiger partial charge in [0.1, 0.15) is 23.0 Å². The highest BCUT2D eigenvalue weighted by atomic mass is 19.1. The van der Waals surface area contributed by atoms with Gasteiger partial charge in [-0.3, -0.25) is 0 Å². The molecular weight excluding hydrogens is 433 g/mol. The van der Waals surface area contributed by atoms with E-state index in [0.29, 0.717) is 31.3 Å². The average molecular weight is 458 g/mol. The highest BCUT2D eigenvalue weighted by molar-refractivity contribution is 5.88. The number of nitrogens with zero attached hydrogens (tertiary/aromatic N) is 5. The van der Waals surface area contributed by atoms with Gasteiger partial charge in [-0.1, -0.05) is 0 Å². The van der Waals surface area contributed by atoms with Crippen molar-refractivity contribution >= 4 is 22.5 Å². The number of ether oxygens (including phenoxy) is 1. The molecule has 1 aliphatic heterocycles. The van der Waals surface area contributed by atoms with Crippen LogP contribution in [0.4, 0.5) is 15.9 Å². The Hall–Kier alpha value is -3.72. The summed E-state index contributed by atoms with van der Waals surface area (Å²) < 4.78 is 22.7. The van der Waals surface area contributed by atoms with Gasteiger partial charge in [-0.15, -0.1) is 0 Å². The van der Waals surface area contributed by atoms with Gasteiger partial charge < -0.3 is 25.3 Å². The number of hydrogen-bond donors (Lipinski definition) is 2. The molecule has 1 saturated heterocycles. The lowest BCUT2D eigenvalue weighted by Crippen LogP contribution is -2.56. The minimum absolute atomic E-state index is 0.0957.